The van der Waals surface area contributed by atoms with Crippen LogP contribution in [0.3, 0.4) is 0 Å². The monoisotopic (exact) mass is 397 g/mol. The molecular weight excluding hydrogens is 377 g/mol. The van der Waals surface area contributed by atoms with E-state index in [1.165, 1.54) is 29.1 Å². The quantitative estimate of drug-likeness (QED) is 0.648. The Morgan fingerprint density at radius 1 is 1.10 bits per heavy atom. The molecule has 1 heterocycles. The minimum absolute atomic E-state index is 0.00707. The standard InChI is InChI=1S/C21H20FN3O4/c1-3-29-18-7-5-4-6-17(18)25-11-10-24(20(27)21(25)28)13-19(26)23-16-9-8-14(2)12-15(16)22/h4-12H,3,13H2,1-2H3,(H,23,26). The number of hydrogen-bond donors (Lipinski definition) is 1. The van der Waals surface area contributed by atoms with Gasteiger partial charge in [-0.3, -0.25) is 23.5 Å². The Bertz CT molecular complexity index is 1170. The third-order valence-corrected chi connectivity index (χ3v) is 4.20. The van der Waals surface area contributed by atoms with Crippen molar-refractivity contribution in [2.75, 3.05) is 11.9 Å². The number of nitrogens with one attached hydrogen (secondary N) is 1. The van der Waals surface area contributed by atoms with Crippen molar-refractivity contribution in [3.8, 4) is 11.4 Å². The third kappa shape index (κ3) is 4.43. The van der Waals surface area contributed by atoms with E-state index in [0.29, 0.717) is 23.6 Å². The summed E-state index contributed by atoms with van der Waals surface area (Å²) in [6.45, 7) is 3.52. The van der Waals surface area contributed by atoms with Crippen LogP contribution in [0, 0.1) is 12.7 Å². The van der Waals surface area contributed by atoms with Crippen molar-refractivity contribution in [2.24, 2.45) is 0 Å². The van der Waals surface area contributed by atoms with Gasteiger partial charge < -0.3 is 10.1 Å². The van der Waals surface area contributed by atoms with Crippen LogP contribution in [-0.2, 0) is 11.3 Å². The normalized spacial score (nSPS) is 10.6. The lowest BCUT2D eigenvalue weighted by molar-refractivity contribution is -0.116. The molecule has 7 nitrogen and oxygen atoms in total. The Kier molecular flexibility index (Phi) is 5.92. The average molecular weight is 397 g/mol. The predicted molar refractivity (Wildman–Crippen MR) is 107 cm³/mol. The van der Waals surface area contributed by atoms with Crippen molar-refractivity contribution in [1.29, 1.82) is 0 Å². The van der Waals surface area contributed by atoms with Gasteiger partial charge in [-0.1, -0.05) is 18.2 Å². The molecule has 0 aliphatic carbocycles. The van der Waals surface area contributed by atoms with E-state index >= 15 is 0 Å². The number of carbonyl (C=O) groups excluding carboxylic acids is 1. The molecule has 1 aromatic heterocycles. The van der Waals surface area contributed by atoms with Crippen molar-refractivity contribution < 1.29 is 13.9 Å². The van der Waals surface area contributed by atoms with Gasteiger partial charge in [-0.15, -0.1) is 0 Å². The number of para-hydroxylation sites is 2. The van der Waals surface area contributed by atoms with E-state index in [0.717, 1.165) is 4.57 Å². The molecule has 0 atom stereocenters. The van der Waals surface area contributed by atoms with Gasteiger partial charge in [0.15, 0.2) is 0 Å². The third-order valence-electron chi connectivity index (χ3n) is 4.20. The zero-order valence-corrected chi connectivity index (χ0v) is 16.0. The van der Waals surface area contributed by atoms with E-state index in [1.54, 1.807) is 37.3 Å². The molecule has 3 rings (SSSR count). The number of amides is 1. The molecule has 29 heavy (non-hydrogen) atoms. The van der Waals surface area contributed by atoms with Crippen LogP contribution in [0.2, 0.25) is 0 Å². The summed E-state index contributed by atoms with van der Waals surface area (Å²) in [7, 11) is 0. The molecule has 0 unspecified atom stereocenters. The van der Waals surface area contributed by atoms with Crippen LogP contribution >= 0.6 is 0 Å². The van der Waals surface area contributed by atoms with Gasteiger partial charge in [0.05, 0.1) is 18.0 Å². The fourth-order valence-corrected chi connectivity index (χ4v) is 2.82. The highest BCUT2D eigenvalue weighted by Gasteiger charge is 2.13. The van der Waals surface area contributed by atoms with E-state index in [1.807, 2.05) is 6.92 Å². The minimum Gasteiger partial charge on any atom is -0.492 e. The molecule has 8 heteroatoms. The Morgan fingerprint density at radius 3 is 2.59 bits per heavy atom. The van der Waals surface area contributed by atoms with Crippen molar-refractivity contribution in [2.45, 2.75) is 20.4 Å². The lowest BCUT2D eigenvalue weighted by atomic mass is 10.2. The van der Waals surface area contributed by atoms with Crippen molar-refractivity contribution >= 4 is 11.6 Å². The number of benzene rings is 2. The van der Waals surface area contributed by atoms with Gasteiger partial charge in [-0.25, -0.2) is 4.39 Å². The van der Waals surface area contributed by atoms with Crippen LogP contribution < -0.4 is 21.2 Å². The maximum Gasteiger partial charge on any atom is 0.321 e. The van der Waals surface area contributed by atoms with Crippen LogP contribution in [0.1, 0.15) is 12.5 Å². The second-order valence-corrected chi connectivity index (χ2v) is 6.34. The maximum absolute atomic E-state index is 13.9. The number of aryl methyl sites for hydroxylation is 1. The van der Waals surface area contributed by atoms with E-state index < -0.39 is 29.4 Å². The molecular formula is C21H20FN3O4. The first-order chi connectivity index (χ1) is 13.9. The smallest absolute Gasteiger partial charge is 0.321 e. The van der Waals surface area contributed by atoms with Gasteiger partial charge >= 0.3 is 11.1 Å². The van der Waals surface area contributed by atoms with Gasteiger partial charge in [0.2, 0.25) is 5.91 Å². The molecule has 0 spiro atoms. The first-order valence-corrected chi connectivity index (χ1v) is 9.01. The van der Waals surface area contributed by atoms with Gasteiger partial charge in [0.25, 0.3) is 0 Å². The molecule has 0 saturated heterocycles. The summed E-state index contributed by atoms with van der Waals surface area (Å²) in [5.74, 6) is -0.739. The molecule has 2 aromatic carbocycles. The first kappa shape index (κ1) is 20.1. The zero-order chi connectivity index (χ0) is 21.0. The van der Waals surface area contributed by atoms with E-state index in [9.17, 15) is 18.8 Å². The van der Waals surface area contributed by atoms with Crippen LogP contribution in [-0.4, -0.2) is 21.6 Å². The summed E-state index contributed by atoms with van der Waals surface area (Å²) in [5, 5.41) is 2.40. The summed E-state index contributed by atoms with van der Waals surface area (Å²) in [6.07, 6.45) is 2.72. The number of ether oxygens (including phenoxy) is 1. The fourth-order valence-electron chi connectivity index (χ4n) is 2.82. The number of carbonyl (C=O) groups is 1. The highest BCUT2D eigenvalue weighted by atomic mass is 19.1. The largest absolute Gasteiger partial charge is 0.492 e. The molecule has 150 valence electrons. The molecule has 1 amide bonds. The molecule has 0 fully saturated rings. The fraction of sp³-hybridized carbons (Fsp3) is 0.190. The first-order valence-electron chi connectivity index (χ1n) is 9.01. The van der Waals surface area contributed by atoms with Crippen molar-refractivity contribution in [3.63, 3.8) is 0 Å². The number of hydrogen-bond acceptors (Lipinski definition) is 4. The van der Waals surface area contributed by atoms with E-state index in [2.05, 4.69) is 5.32 Å². The van der Waals surface area contributed by atoms with Crippen LogP contribution in [0.15, 0.2) is 64.4 Å². The number of halogens is 1. The molecule has 3 aromatic rings. The van der Waals surface area contributed by atoms with Gasteiger partial charge in [0.1, 0.15) is 18.1 Å². The van der Waals surface area contributed by atoms with Crippen LogP contribution in [0.25, 0.3) is 5.69 Å². The minimum atomic E-state index is -0.877. The lowest BCUT2D eigenvalue weighted by Gasteiger charge is -2.13. The molecule has 1 N–H and O–H groups in total. The molecule has 0 bridgehead atoms. The Morgan fingerprint density at radius 2 is 1.86 bits per heavy atom. The molecule has 0 aliphatic heterocycles. The number of nitrogens with zero attached hydrogens (tertiary/aromatic N) is 2. The predicted octanol–water partition coefficient (Wildman–Crippen LogP) is 2.48. The SMILES string of the molecule is CCOc1ccccc1-n1ccn(CC(=O)Nc2ccc(C)cc2F)c(=O)c1=O. The number of rotatable bonds is 6. The van der Waals surface area contributed by atoms with Gasteiger partial charge in [-0.2, -0.15) is 0 Å². The summed E-state index contributed by atoms with van der Waals surface area (Å²) < 4.78 is 21.5. The maximum atomic E-state index is 13.9. The Hall–Kier alpha value is -3.68. The topological polar surface area (TPSA) is 82.3 Å². The summed E-state index contributed by atoms with van der Waals surface area (Å²) in [6, 6.07) is 11.2. The number of anilines is 1. The molecule has 0 aliphatic rings. The molecule has 0 radical (unpaired) electrons. The molecule has 0 saturated carbocycles. The number of aromatic nitrogens is 2. The van der Waals surface area contributed by atoms with Crippen molar-refractivity contribution in [3.05, 3.63) is 86.9 Å². The van der Waals surface area contributed by atoms with E-state index in [-0.39, 0.29) is 5.69 Å². The lowest BCUT2D eigenvalue weighted by Crippen LogP contribution is -2.41. The highest BCUT2D eigenvalue weighted by molar-refractivity contribution is 5.90. The zero-order valence-electron chi connectivity index (χ0n) is 16.0. The van der Waals surface area contributed by atoms with Crippen LogP contribution in [0.5, 0.6) is 5.75 Å². The van der Waals surface area contributed by atoms with Crippen LogP contribution in [0.4, 0.5) is 10.1 Å². The van der Waals surface area contributed by atoms with Gasteiger partial charge in [-0.05, 0) is 43.7 Å². The Balaban J connectivity index is 1.86. The van der Waals surface area contributed by atoms with Crippen molar-refractivity contribution in [1.82, 2.24) is 9.13 Å². The Labute approximate surface area is 166 Å². The highest BCUT2D eigenvalue weighted by Crippen LogP contribution is 2.20. The van der Waals surface area contributed by atoms with Gasteiger partial charge in [0, 0.05) is 12.4 Å². The summed E-state index contributed by atoms with van der Waals surface area (Å²) in [5.41, 5.74) is -0.553. The van der Waals surface area contributed by atoms with E-state index in [4.69, 9.17) is 4.74 Å². The average Bonchev–Trinajstić information content (AvgIpc) is 2.69. The summed E-state index contributed by atoms with van der Waals surface area (Å²) >= 11 is 0. The summed E-state index contributed by atoms with van der Waals surface area (Å²) in [4.78, 5) is 37.2. The second-order valence-electron chi connectivity index (χ2n) is 6.34. The second kappa shape index (κ2) is 8.55.